The summed E-state index contributed by atoms with van der Waals surface area (Å²) < 4.78 is 35.7. The van der Waals surface area contributed by atoms with E-state index < -0.39 is 16.1 Å². The van der Waals surface area contributed by atoms with E-state index in [9.17, 15) is 8.42 Å². The van der Waals surface area contributed by atoms with Gasteiger partial charge in [0.05, 0.1) is 21.0 Å². The van der Waals surface area contributed by atoms with Crippen LogP contribution in [0.4, 0.5) is 0 Å². The molecule has 2 aromatic carbocycles. The van der Waals surface area contributed by atoms with Gasteiger partial charge in [0.2, 0.25) is 10.0 Å². The third kappa shape index (κ3) is 5.57. The van der Waals surface area contributed by atoms with E-state index in [-0.39, 0.29) is 14.9 Å². The van der Waals surface area contributed by atoms with Gasteiger partial charge in [-0.2, -0.15) is 0 Å². The number of halogens is 2. The van der Waals surface area contributed by atoms with Crippen LogP contribution >= 0.6 is 23.2 Å². The SMILES string of the molecule is CCCc1ccc(Oc2nnc([C@@H](C)NS(=O)(=O)c3ccc(Cl)c(Cl)c3)n2CC)cc1. The Morgan fingerprint density at radius 3 is 2.39 bits per heavy atom. The Morgan fingerprint density at radius 2 is 1.77 bits per heavy atom. The highest BCUT2D eigenvalue weighted by Gasteiger charge is 2.24. The standard InChI is InChI=1S/C21H24Cl2N4O3S/c1-4-6-15-7-9-16(10-8-15)30-21-25-24-20(27(21)5-2)14(3)26-31(28,29)17-11-12-18(22)19(23)13-17/h7-14,26H,4-6H2,1-3H3/t14-/m1/s1. The zero-order valence-electron chi connectivity index (χ0n) is 17.5. The Balaban J connectivity index is 1.79. The maximum absolute atomic E-state index is 12.8. The minimum absolute atomic E-state index is 0.0138. The third-order valence-corrected chi connectivity index (χ3v) is 6.93. The molecule has 0 spiro atoms. The van der Waals surface area contributed by atoms with Crippen molar-refractivity contribution >= 4 is 33.2 Å². The van der Waals surface area contributed by atoms with E-state index in [2.05, 4.69) is 21.8 Å². The predicted octanol–water partition coefficient (Wildman–Crippen LogP) is 5.39. The monoisotopic (exact) mass is 482 g/mol. The van der Waals surface area contributed by atoms with Crippen molar-refractivity contribution in [2.75, 3.05) is 0 Å². The molecule has 0 bridgehead atoms. The molecule has 1 N–H and O–H groups in total. The van der Waals surface area contributed by atoms with E-state index in [1.807, 2.05) is 31.2 Å². The number of benzene rings is 2. The van der Waals surface area contributed by atoms with Gasteiger partial charge < -0.3 is 4.74 Å². The minimum atomic E-state index is -3.85. The Bertz CT molecular complexity index is 1150. The highest BCUT2D eigenvalue weighted by molar-refractivity contribution is 7.89. The van der Waals surface area contributed by atoms with Gasteiger partial charge in [-0.05, 0) is 56.2 Å². The van der Waals surface area contributed by atoms with Crippen LogP contribution in [-0.4, -0.2) is 23.2 Å². The summed E-state index contributed by atoms with van der Waals surface area (Å²) in [6, 6.07) is 11.6. The molecule has 0 aliphatic rings. The molecule has 0 saturated heterocycles. The Kier molecular flexibility index (Phi) is 7.59. The van der Waals surface area contributed by atoms with Crippen LogP contribution in [0.1, 0.15) is 44.6 Å². The fourth-order valence-electron chi connectivity index (χ4n) is 3.11. The van der Waals surface area contributed by atoms with E-state index in [1.165, 1.54) is 23.8 Å². The molecule has 1 aromatic heterocycles. The van der Waals surface area contributed by atoms with Crippen molar-refractivity contribution in [1.29, 1.82) is 0 Å². The lowest BCUT2D eigenvalue weighted by atomic mass is 10.1. The highest BCUT2D eigenvalue weighted by atomic mass is 35.5. The van der Waals surface area contributed by atoms with Crippen LogP contribution in [0.3, 0.4) is 0 Å². The number of ether oxygens (including phenoxy) is 1. The molecule has 0 fully saturated rings. The van der Waals surface area contributed by atoms with Crippen molar-refractivity contribution in [2.45, 2.75) is 51.1 Å². The first-order valence-corrected chi connectivity index (χ1v) is 12.2. The Morgan fingerprint density at radius 1 is 1.06 bits per heavy atom. The van der Waals surface area contributed by atoms with Gasteiger partial charge in [-0.15, -0.1) is 5.10 Å². The second kappa shape index (κ2) is 9.99. The van der Waals surface area contributed by atoms with E-state index in [1.54, 1.807) is 11.5 Å². The van der Waals surface area contributed by atoms with E-state index in [4.69, 9.17) is 27.9 Å². The molecule has 166 valence electrons. The summed E-state index contributed by atoms with van der Waals surface area (Å²) in [4.78, 5) is 0.0138. The number of aryl methyl sites for hydroxylation is 1. The average molecular weight is 483 g/mol. The highest BCUT2D eigenvalue weighted by Crippen LogP contribution is 2.27. The van der Waals surface area contributed by atoms with Crippen LogP contribution in [0.2, 0.25) is 10.0 Å². The quantitative estimate of drug-likeness (QED) is 0.441. The van der Waals surface area contributed by atoms with Gasteiger partial charge in [-0.3, -0.25) is 4.57 Å². The van der Waals surface area contributed by atoms with Crippen molar-refractivity contribution in [3.05, 3.63) is 63.9 Å². The number of nitrogens with one attached hydrogen (secondary N) is 1. The molecule has 0 unspecified atom stereocenters. The molecule has 3 aromatic rings. The Hall–Kier alpha value is -2.13. The van der Waals surface area contributed by atoms with Crippen molar-refractivity contribution in [3.8, 4) is 11.8 Å². The number of sulfonamides is 1. The summed E-state index contributed by atoms with van der Waals surface area (Å²) in [7, 11) is -3.85. The van der Waals surface area contributed by atoms with Crippen LogP contribution in [0, 0.1) is 0 Å². The van der Waals surface area contributed by atoms with Crippen LogP contribution in [-0.2, 0) is 23.0 Å². The molecule has 7 nitrogen and oxygen atoms in total. The number of nitrogens with zero attached hydrogens (tertiary/aromatic N) is 3. The first-order chi connectivity index (χ1) is 14.7. The van der Waals surface area contributed by atoms with Crippen LogP contribution < -0.4 is 9.46 Å². The van der Waals surface area contributed by atoms with E-state index in [0.29, 0.717) is 24.1 Å². The molecule has 10 heteroatoms. The molecule has 1 atom stereocenters. The number of hydrogen-bond donors (Lipinski definition) is 1. The summed E-state index contributed by atoms with van der Waals surface area (Å²) >= 11 is 11.8. The second-order valence-electron chi connectivity index (χ2n) is 7.00. The van der Waals surface area contributed by atoms with Gasteiger partial charge >= 0.3 is 6.01 Å². The number of rotatable bonds is 9. The molecule has 0 aliphatic carbocycles. The topological polar surface area (TPSA) is 86.1 Å². The van der Waals surface area contributed by atoms with Crippen LogP contribution in [0.25, 0.3) is 0 Å². The molecule has 31 heavy (non-hydrogen) atoms. The molecule has 0 aliphatic heterocycles. The average Bonchev–Trinajstić information content (AvgIpc) is 3.14. The number of aromatic nitrogens is 3. The maximum Gasteiger partial charge on any atom is 0.322 e. The van der Waals surface area contributed by atoms with Gasteiger partial charge in [0.15, 0.2) is 5.82 Å². The lowest BCUT2D eigenvalue weighted by molar-refractivity contribution is 0.407. The number of hydrogen-bond acceptors (Lipinski definition) is 5. The second-order valence-corrected chi connectivity index (χ2v) is 9.53. The normalized spacial score (nSPS) is 12.7. The molecule has 0 saturated carbocycles. The van der Waals surface area contributed by atoms with Crippen molar-refractivity contribution in [1.82, 2.24) is 19.5 Å². The van der Waals surface area contributed by atoms with Gasteiger partial charge in [-0.25, -0.2) is 13.1 Å². The smallest absolute Gasteiger partial charge is 0.322 e. The first kappa shape index (κ1) is 23.5. The van der Waals surface area contributed by atoms with Crippen molar-refractivity contribution < 1.29 is 13.2 Å². The fraction of sp³-hybridized carbons (Fsp3) is 0.333. The molecule has 3 rings (SSSR count). The first-order valence-electron chi connectivity index (χ1n) is 9.92. The minimum Gasteiger partial charge on any atom is -0.424 e. The third-order valence-electron chi connectivity index (χ3n) is 4.65. The molecule has 0 radical (unpaired) electrons. The van der Waals surface area contributed by atoms with Gasteiger partial charge in [0.25, 0.3) is 0 Å². The van der Waals surface area contributed by atoms with Gasteiger partial charge in [0.1, 0.15) is 5.75 Å². The van der Waals surface area contributed by atoms with Crippen LogP contribution in [0.5, 0.6) is 11.8 Å². The largest absolute Gasteiger partial charge is 0.424 e. The fourth-order valence-corrected chi connectivity index (χ4v) is 4.70. The van der Waals surface area contributed by atoms with E-state index >= 15 is 0 Å². The summed E-state index contributed by atoms with van der Waals surface area (Å²) in [5.74, 6) is 1.07. The van der Waals surface area contributed by atoms with Crippen molar-refractivity contribution in [3.63, 3.8) is 0 Å². The lowest BCUT2D eigenvalue weighted by Crippen LogP contribution is -2.29. The van der Waals surface area contributed by atoms with E-state index in [0.717, 1.165) is 12.8 Å². The van der Waals surface area contributed by atoms with Crippen molar-refractivity contribution in [2.24, 2.45) is 0 Å². The molecule has 0 amide bonds. The van der Waals surface area contributed by atoms with Crippen LogP contribution in [0.15, 0.2) is 47.4 Å². The molecular weight excluding hydrogens is 459 g/mol. The maximum atomic E-state index is 12.8. The summed E-state index contributed by atoms with van der Waals surface area (Å²) in [6.45, 7) is 6.23. The van der Waals surface area contributed by atoms with Gasteiger partial charge in [-0.1, -0.05) is 53.8 Å². The zero-order valence-corrected chi connectivity index (χ0v) is 19.8. The molecular formula is C21H24Cl2N4O3S. The summed E-state index contributed by atoms with van der Waals surface area (Å²) in [5.41, 5.74) is 1.23. The lowest BCUT2D eigenvalue weighted by Gasteiger charge is -2.15. The summed E-state index contributed by atoms with van der Waals surface area (Å²) in [5, 5.41) is 8.70. The Labute approximate surface area is 192 Å². The predicted molar refractivity (Wildman–Crippen MR) is 121 cm³/mol. The zero-order chi connectivity index (χ0) is 22.6. The summed E-state index contributed by atoms with van der Waals surface area (Å²) in [6.07, 6.45) is 2.08. The molecule has 1 heterocycles. The van der Waals surface area contributed by atoms with Gasteiger partial charge in [0, 0.05) is 6.54 Å².